The Morgan fingerprint density at radius 1 is 1.15 bits per heavy atom. The average Bonchev–Trinajstić information content (AvgIpc) is 2.47. The van der Waals surface area contributed by atoms with Gasteiger partial charge in [-0.05, 0) is 49.7 Å². The van der Waals surface area contributed by atoms with Crippen LogP contribution in [0.25, 0.3) is 11.1 Å². The molecule has 1 unspecified atom stereocenters. The van der Waals surface area contributed by atoms with Crippen LogP contribution in [-0.4, -0.2) is 13.7 Å². The molecule has 0 bridgehead atoms. The molecule has 0 fully saturated rings. The standard InChI is InChI=1S/C18H23NO/c1-5-19-14(3)15-7-6-8-16(12-15)17-11-13(2)9-10-18(17)20-4/h6-12,14,19H,5H2,1-4H3. The lowest BCUT2D eigenvalue weighted by molar-refractivity contribution is 0.416. The molecule has 0 aliphatic rings. The molecule has 2 rings (SSSR count). The predicted molar refractivity (Wildman–Crippen MR) is 85.3 cm³/mol. The third-order valence-electron chi connectivity index (χ3n) is 3.56. The third kappa shape index (κ3) is 3.20. The lowest BCUT2D eigenvalue weighted by Gasteiger charge is -2.15. The van der Waals surface area contributed by atoms with Crippen molar-refractivity contribution in [2.45, 2.75) is 26.8 Å². The van der Waals surface area contributed by atoms with Crippen LogP contribution in [0, 0.1) is 6.92 Å². The van der Waals surface area contributed by atoms with E-state index in [0.29, 0.717) is 6.04 Å². The van der Waals surface area contributed by atoms with Crippen molar-refractivity contribution >= 4 is 0 Å². The zero-order valence-corrected chi connectivity index (χ0v) is 12.7. The average molecular weight is 269 g/mol. The van der Waals surface area contributed by atoms with Gasteiger partial charge in [0.25, 0.3) is 0 Å². The summed E-state index contributed by atoms with van der Waals surface area (Å²) in [6.07, 6.45) is 0. The summed E-state index contributed by atoms with van der Waals surface area (Å²) in [7, 11) is 1.72. The normalized spacial score (nSPS) is 12.2. The van der Waals surface area contributed by atoms with Crippen LogP contribution in [0.2, 0.25) is 0 Å². The second-order valence-electron chi connectivity index (χ2n) is 5.11. The summed E-state index contributed by atoms with van der Waals surface area (Å²) >= 11 is 0. The van der Waals surface area contributed by atoms with E-state index < -0.39 is 0 Å². The van der Waals surface area contributed by atoms with E-state index in [4.69, 9.17) is 4.74 Å². The van der Waals surface area contributed by atoms with Gasteiger partial charge in [-0.25, -0.2) is 0 Å². The van der Waals surface area contributed by atoms with E-state index in [0.717, 1.165) is 17.9 Å². The van der Waals surface area contributed by atoms with Crippen molar-refractivity contribution in [2.24, 2.45) is 0 Å². The Kier molecular flexibility index (Phi) is 4.80. The molecule has 1 atom stereocenters. The molecule has 0 aliphatic heterocycles. The first-order valence-electron chi connectivity index (χ1n) is 7.14. The summed E-state index contributed by atoms with van der Waals surface area (Å²) in [6.45, 7) is 7.40. The first-order valence-corrected chi connectivity index (χ1v) is 7.14. The number of hydrogen-bond donors (Lipinski definition) is 1. The van der Waals surface area contributed by atoms with Crippen LogP contribution in [0.5, 0.6) is 5.75 Å². The van der Waals surface area contributed by atoms with Gasteiger partial charge in [0.05, 0.1) is 7.11 Å². The summed E-state index contributed by atoms with van der Waals surface area (Å²) in [5.74, 6) is 0.920. The van der Waals surface area contributed by atoms with Gasteiger partial charge in [0.15, 0.2) is 0 Å². The van der Waals surface area contributed by atoms with Crippen molar-refractivity contribution < 1.29 is 4.74 Å². The minimum atomic E-state index is 0.357. The maximum Gasteiger partial charge on any atom is 0.126 e. The van der Waals surface area contributed by atoms with E-state index >= 15 is 0 Å². The minimum Gasteiger partial charge on any atom is -0.496 e. The molecule has 0 spiro atoms. The van der Waals surface area contributed by atoms with E-state index in [1.54, 1.807) is 7.11 Å². The molecule has 0 amide bonds. The van der Waals surface area contributed by atoms with E-state index in [9.17, 15) is 0 Å². The Morgan fingerprint density at radius 3 is 2.65 bits per heavy atom. The van der Waals surface area contributed by atoms with Crippen LogP contribution in [0.3, 0.4) is 0 Å². The van der Waals surface area contributed by atoms with E-state index in [-0.39, 0.29) is 0 Å². The highest BCUT2D eigenvalue weighted by atomic mass is 16.5. The van der Waals surface area contributed by atoms with Gasteiger partial charge in [0, 0.05) is 11.6 Å². The molecule has 2 aromatic rings. The smallest absolute Gasteiger partial charge is 0.126 e. The first-order chi connectivity index (χ1) is 9.65. The fourth-order valence-electron chi connectivity index (χ4n) is 2.45. The van der Waals surface area contributed by atoms with Crippen LogP contribution >= 0.6 is 0 Å². The van der Waals surface area contributed by atoms with Gasteiger partial charge < -0.3 is 10.1 Å². The molecule has 0 saturated heterocycles. The fourth-order valence-corrected chi connectivity index (χ4v) is 2.45. The monoisotopic (exact) mass is 269 g/mol. The number of nitrogens with one attached hydrogen (secondary N) is 1. The summed E-state index contributed by atoms with van der Waals surface area (Å²) in [5.41, 5.74) is 4.89. The first kappa shape index (κ1) is 14.6. The quantitative estimate of drug-likeness (QED) is 0.871. The topological polar surface area (TPSA) is 21.3 Å². The minimum absolute atomic E-state index is 0.357. The highest BCUT2D eigenvalue weighted by molar-refractivity contribution is 5.71. The van der Waals surface area contributed by atoms with E-state index in [1.807, 2.05) is 6.07 Å². The molecule has 0 saturated carbocycles. The molecular weight excluding hydrogens is 246 g/mol. The van der Waals surface area contributed by atoms with Crippen LogP contribution in [-0.2, 0) is 0 Å². The fraction of sp³-hybridized carbons (Fsp3) is 0.333. The number of aryl methyl sites for hydroxylation is 1. The Labute approximate surface area is 121 Å². The van der Waals surface area contributed by atoms with Crippen LogP contribution < -0.4 is 10.1 Å². The van der Waals surface area contributed by atoms with Crippen LogP contribution in [0.4, 0.5) is 0 Å². The summed E-state index contributed by atoms with van der Waals surface area (Å²) in [5, 5.41) is 3.45. The van der Waals surface area contributed by atoms with Gasteiger partial charge in [-0.1, -0.05) is 36.8 Å². The van der Waals surface area contributed by atoms with Crippen molar-refractivity contribution in [3.05, 3.63) is 53.6 Å². The van der Waals surface area contributed by atoms with Gasteiger partial charge in [-0.2, -0.15) is 0 Å². The molecule has 1 N–H and O–H groups in total. The van der Waals surface area contributed by atoms with Crippen LogP contribution in [0.1, 0.15) is 31.0 Å². The van der Waals surface area contributed by atoms with Crippen LogP contribution in [0.15, 0.2) is 42.5 Å². The second-order valence-corrected chi connectivity index (χ2v) is 5.11. The lowest BCUT2D eigenvalue weighted by Crippen LogP contribution is -2.17. The third-order valence-corrected chi connectivity index (χ3v) is 3.56. The largest absolute Gasteiger partial charge is 0.496 e. The number of rotatable bonds is 5. The van der Waals surface area contributed by atoms with E-state index in [2.05, 4.69) is 62.5 Å². The van der Waals surface area contributed by atoms with Crippen molar-refractivity contribution in [2.75, 3.05) is 13.7 Å². The zero-order chi connectivity index (χ0) is 14.5. The van der Waals surface area contributed by atoms with E-state index in [1.165, 1.54) is 16.7 Å². The molecule has 2 nitrogen and oxygen atoms in total. The number of ether oxygens (including phenoxy) is 1. The van der Waals surface area contributed by atoms with Gasteiger partial charge in [0.1, 0.15) is 5.75 Å². The summed E-state index contributed by atoms with van der Waals surface area (Å²) < 4.78 is 5.49. The van der Waals surface area contributed by atoms with Gasteiger partial charge in [0.2, 0.25) is 0 Å². The maximum absolute atomic E-state index is 5.49. The molecule has 2 heteroatoms. The Balaban J connectivity index is 2.43. The molecule has 0 aliphatic carbocycles. The van der Waals surface area contributed by atoms with Gasteiger partial charge in [-0.3, -0.25) is 0 Å². The second kappa shape index (κ2) is 6.58. The van der Waals surface area contributed by atoms with Crippen molar-refractivity contribution in [1.29, 1.82) is 0 Å². The summed E-state index contributed by atoms with van der Waals surface area (Å²) in [4.78, 5) is 0. The zero-order valence-electron chi connectivity index (χ0n) is 12.7. The maximum atomic E-state index is 5.49. The van der Waals surface area contributed by atoms with Gasteiger partial charge >= 0.3 is 0 Å². The number of benzene rings is 2. The molecular formula is C18H23NO. The molecule has 2 aromatic carbocycles. The Bertz CT molecular complexity index is 577. The highest BCUT2D eigenvalue weighted by Crippen LogP contribution is 2.32. The highest BCUT2D eigenvalue weighted by Gasteiger charge is 2.09. The predicted octanol–water partition coefficient (Wildman–Crippen LogP) is 4.34. The van der Waals surface area contributed by atoms with Crippen molar-refractivity contribution in [1.82, 2.24) is 5.32 Å². The lowest BCUT2D eigenvalue weighted by atomic mass is 9.98. The molecule has 0 radical (unpaired) electrons. The molecule has 0 heterocycles. The Hall–Kier alpha value is -1.80. The van der Waals surface area contributed by atoms with Crippen molar-refractivity contribution in [3.8, 4) is 16.9 Å². The number of methoxy groups -OCH3 is 1. The number of hydrogen-bond acceptors (Lipinski definition) is 2. The summed E-state index contributed by atoms with van der Waals surface area (Å²) in [6, 6.07) is 15.3. The molecule has 106 valence electrons. The Morgan fingerprint density at radius 2 is 1.95 bits per heavy atom. The molecule has 20 heavy (non-hydrogen) atoms. The van der Waals surface area contributed by atoms with Gasteiger partial charge in [-0.15, -0.1) is 0 Å². The van der Waals surface area contributed by atoms with Crippen molar-refractivity contribution in [3.63, 3.8) is 0 Å². The molecule has 0 aromatic heterocycles. The SMILES string of the molecule is CCNC(C)c1cccc(-c2cc(C)ccc2OC)c1.